The number of benzene rings is 1. The van der Waals surface area contributed by atoms with E-state index < -0.39 is 6.10 Å². The van der Waals surface area contributed by atoms with Gasteiger partial charge in [-0.05, 0) is 38.3 Å². The van der Waals surface area contributed by atoms with Crippen molar-refractivity contribution in [2.24, 2.45) is 4.99 Å². The lowest BCUT2D eigenvalue weighted by atomic mass is 10.1. The van der Waals surface area contributed by atoms with Crippen molar-refractivity contribution in [3.8, 4) is 0 Å². The molecule has 0 aliphatic rings. The van der Waals surface area contributed by atoms with Crippen LogP contribution in [0.2, 0.25) is 0 Å². The summed E-state index contributed by atoms with van der Waals surface area (Å²) in [5.74, 6) is 0.365. The van der Waals surface area contributed by atoms with Crippen LogP contribution >= 0.6 is 11.3 Å². The number of fused-ring (bicyclic) bond motifs is 1. The predicted octanol–water partition coefficient (Wildman–Crippen LogP) is 2.01. The van der Waals surface area contributed by atoms with Gasteiger partial charge in [0.1, 0.15) is 6.10 Å². The number of carbonyl (C=O) groups excluding carboxylic acids is 1. The number of thiophene rings is 1. The number of hydrogen-bond donors (Lipinski definition) is 4. The van der Waals surface area contributed by atoms with E-state index in [0.717, 1.165) is 15.0 Å². The molecule has 0 aliphatic heterocycles. The van der Waals surface area contributed by atoms with Crippen molar-refractivity contribution in [2.45, 2.75) is 32.4 Å². The molecule has 0 aliphatic carbocycles. The third-order valence-electron chi connectivity index (χ3n) is 3.39. The second-order valence-corrected chi connectivity index (χ2v) is 7.92. The third-order valence-corrected chi connectivity index (χ3v) is 4.61. The molecule has 0 radical (unpaired) electrons. The van der Waals surface area contributed by atoms with E-state index in [9.17, 15) is 9.90 Å². The molecule has 2 aromatic rings. The quantitative estimate of drug-likeness (QED) is 0.484. The second-order valence-electron chi connectivity index (χ2n) is 6.81. The van der Waals surface area contributed by atoms with E-state index in [1.165, 1.54) is 0 Å². The van der Waals surface area contributed by atoms with Crippen LogP contribution in [-0.2, 0) is 4.79 Å². The molecule has 1 amide bonds. The average Bonchev–Trinajstić information content (AvgIpc) is 2.97. The van der Waals surface area contributed by atoms with Crippen LogP contribution in [0, 0.1) is 0 Å². The molecular formula is C18H26N4O2S. The van der Waals surface area contributed by atoms with Crippen molar-refractivity contribution in [3.05, 3.63) is 35.2 Å². The minimum Gasteiger partial charge on any atom is -0.386 e. The zero-order valence-electron chi connectivity index (χ0n) is 15.1. The summed E-state index contributed by atoms with van der Waals surface area (Å²) in [6, 6.07) is 10.0. The van der Waals surface area contributed by atoms with Gasteiger partial charge in [0.2, 0.25) is 5.91 Å². The number of aliphatic imine (C=N–C) groups is 1. The van der Waals surface area contributed by atoms with Crippen LogP contribution in [0.15, 0.2) is 35.3 Å². The van der Waals surface area contributed by atoms with Gasteiger partial charge in [0, 0.05) is 28.7 Å². The summed E-state index contributed by atoms with van der Waals surface area (Å²) in [5.41, 5.74) is -0.271. The van der Waals surface area contributed by atoms with E-state index >= 15 is 0 Å². The van der Waals surface area contributed by atoms with Gasteiger partial charge in [-0.1, -0.05) is 18.2 Å². The summed E-state index contributed by atoms with van der Waals surface area (Å²) in [6.45, 7) is 6.22. The molecule has 4 N–H and O–H groups in total. The molecule has 6 nitrogen and oxygen atoms in total. The Morgan fingerprint density at radius 2 is 2.00 bits per heavy atom. The van der Waals surface area contributed by atoms with Gasteiger partial charge in [0.25, 0.3) is 0 Å². The maximum atomic E-state index is 11.8. The van der Waals surface area contributed by atoms with Crippen LogP contribution in [0.1, 0.15) is 31.8 Å². The Morgan fingerprint density at radius 3 is 2.64 bits per heavy atom. The average molecular weight is 362 g/mol. The van der Waals surface area contributed by atoms with Crippen LogP contribution in [0.4, 0.5) is 0 Å². The van der Waals surface area contributed by atoms with Gasteiger partial charge in [-0.15, -0.1) is 11.3 Å². The predicted molar refractivity (Wildman–Crippen MR) is 104 cm³/mol. The van der Waals surface area contributed by atoms with Crippen molar-refractivity contribution in [1.29, 1.82) is 0 Å². The Labute approximate surface area is 152 Å². The topological polar surface area (TPSA) is 85.8 Å². The highest BCUT2D eigenvalue weighted by Gasteiger charge is 2.15. The SMILES string of the molecule is CN=C(NCC(=O)NC(C)(C)C)NCC(O)c1cc2ccccc2s1. The smallest absolute Gasteiger partial charge is 0.239 e. The first kappa shape index (κ1) is 19.2. The van der Waals surface area contributed by atoms with Crippen LogP contribution in [-0.4, -0.2) is 42.6 Å². The molecule has 1 unspecified atom stereocenters. The van der Waals surface area contributed by atoms with Crippen molar-refractivity contribution in [1.82, 2.24) is 16.0 Å². The fraction of sp³-hybridized carbons (Fsp3) is 0.444. The number of carbonyl (C=O) groups is 1. The molecule has 1 aromatic heterocycles. The van der Waals surface area contributed by atoms with E-state index in [1.54, 1.807) is 18.4 Å². The number of nitrogens with zero attached hydrogens (tertiary/aromatic N) is 1. The van der Waals surface area contributed by atoms with E-state index in [1.807, 2.05) is 51.1 Å². The van der Waals surface area contributed by atoms with Gasteiger partial charge in [-0.25, -0.2) is 0 Å². The Balaban J connectivity index is 1.84. The lowest BCUT2D eigenvalue weighted by molar-refractivity contribution is -0.121. The summed E-state index contributed by atoms with van der Waals surface area (Å²) in [5, 5.41) is 20.4. The number of amides is 1. The van der Waals surface area contributed by atoms with E-state index in [-0.39, 0.29) is 18.0 Å². The van der Waals surface area contributed by atoms with Crippen LogP contribution < -0.4 is 16.0 Å². The highest BCUT2D eigenvalue weighted by Crippen LogP contribution is 2.29. The molecule has 0 spiro atoms. The van der Waals surface area contributed by atoms with Gasteiger partial charge < -0.3 is 21.1 Å². The molecule has 1 atom stereocenters. The summed E-state index contributed by atoms with van der Waals surface area (Å²) < 4.78 is 1.15. The Morgan fingerprint density at radius 1 is 1.28 bits per heavy atom. The third kappa shape index (κ3) is 6.03. The summed E-state index contributed by atoms with van der Waals surface area (Å²) in [7, 11) is 1.63. The lowest BCUT2D eigenvalue weighted by Gasteiger charge is -2.21. The molecule has 25 heavy (non-hydrogen) atoms. The highest BCUT2D eigenvalue weighted by atomic mass is 32.1. The minimum atomic E-state index is -0.639. The lowest BCUT2D eigenvalue weighted by Crippen LogP contribution is -2.48. The number of nitrogens with one attached hydrogen (secondary N) is 3. The molecule has 0 bridgehead atoms. The van der Waals surface area contributed by atoms with Gasteiger partial charge in [-0.2, -0.15) is 0 Å². The fourth-order valence-electron chi connectivity index (χ4n) is 2.31. The van der Waals surface area contributed by atoms with Crippen molar-refractivity contribution >= 4 is 33.3 Å². The molecule has 2 rings (SSSR count). The van der Waals surface area contributed by atoms with Gasteiger partial charge in [0.05, 0.1) is 6.54 Å². The first-order valence-corrected chi connectivity index (χ1v) is 9.02. The largest absolute Gasteiger partial charge is 0.386 e. The zero-order chi connectivity index (χ0) is 18.4. The molecule has 0 fully saturated rings. The molecule has 0 saturated carbocycles. The fourth-order valence-corrected chi connectivity index (χ4v) is 3.36. The maximum Gasteiger partial charge on any atom is 0.239 e. The molecule has 7 heteroatoms. The maximum absolute atomic E-state index is 11.8. The minimum absolute atomic E-state index is 0.111. The van der Waals surface area contributed by atoms with Crippen LogP contribution in [0.25, 0.3) is 10.1 Å². The Bertz CT molecular complexity index is 716. The monoisotopic (exact) mass is 362 g/mol. The Hall–Kier alpha value is -2.12. The molecule has 136 valence electrons. The van der Waals surface area contributed by atoms with E-state index in [4.69, 9.17) is 0 Å². The zero-order valence-corrected chi connectivity index (χ0v) is 15.9. The number of aliphatic hydroxyl groups excluding tert-OH is 1. The van der Waals surface area contributed by atoms with E-state index in [2.05, 4.69) is 20.9 Å². The van der Waals surface area contributed by atoms with Gasteiger partial charge >= 0.3 is 0 Å². The van der Waals surface area contributed by atoms with Gasteiger partial charge in [0.15, 0.2) is 5.96 Å². The highest BCUT2D eigenvalue weighted by molar-refractivity contribution is 7.19. The Kier molecular flexibility index (Phi) is 6.39. The summed E-state index contributed by atoms with van der Waals surface area (Å²) in [6.07, 6.45) is -0.639. The normalized spacial score (nSPS) is 13.6. The number of rotatable bonds is 5. The standard InChI is InChI=1S/C18H26N4O2S/c1-18(2,3)22-16(24)11-21-17(19-4)20-10-13(23)15-9-12-7-5-6-8-14(12)25-15/h5-9,13,23H,10-11H2,1-4H3,(H,22,24)(H2,19,20,21). The molecule has 0 saturated heterocycles. The van der Waals surface area contributed by atoms with E-state index in [0.29, 0.717) is 12.5 Å². The number of aliphatic hydroxyl groups is 1. The van der Waals surface area contributed by atoms with Crippen LogP contribution in [0.5, 0.6) is 0 Å². The molecular weight excluding hydrogens is 336 g/mol. The summed E-state index contributed by atoms with van der Waals surface area (Å²) in [4.78, 5) is 16.8. The number of guanidine groups is 1. The van der Waals surface area contributed by atoms with Crippen molar-refractivity contribution in [2.75, 3.05) is 20.1 Å². The van der Waals surface area contributed by atoms with Crippen molar-refractivity contribution in [3.63, 3.8) is 0 Å². The van der Waals surface area contributed by atoms with Crippen LogP contribution in [0.3, 0.4) is 0 Å². The molecule has 1 heterocycles. The molecule has 1 aromatic carbocycles. The first-order chi connectivity index (χ1) is 11.8. The summed E-state index contributed by atoms with van der Waals surface area (Å²) >= 11 is 1.57. The van der Waals surface area contributed by atoms with Gasteiger partial charge in [-0.3, -0.25) is 9.79 Å². The first-order valence-electron chi connectivity index (χ1n) is 8.20. The number of hydrogen-bond acceptors (Lipinski definition) is 4. The van der Waals surface area contributed by atoms with Crippen molar-refractivity contribution < 1.29 is 9.90 Å². The second kappa shape index (κ2) is 8.31.